The molecule has 0 aromatic carbocycles. The van der Waals surface area contributed by atoms with Crippen LogP contribution in [0.3, 0.4) is 0 Å². The highest BCUT2D eigenvalue weighted by Gasteiger charge is 2.25. The topological polar surface area (TPSA) is 108 Å². The summed E-state index contributed by atoms with van der Waals surface area (Å²) >= 11 is 0. The lowest BCUT2D eigenvalue weighted by atomic mass is 10.0. The number of carboxylic acids is 1. The van der Waals surface area contributed by atoms with Crippen LogP contribution in [-0.2, 0) is 33.3 Å². The zero-order valence-corrected chi connectivity index (χ0v) is 50.3. The second-order valence-corrected chi connectivity index (χ2v) is 22.0. The molecule has 77 heavy (non-hydrogen) atoms. The number of aliphatic carboxylic acids is 1. The molecule has 442 valence electrons. The minimum atomic E-state index is -1.52. The van der Waals surface area contributed by atoms with Gasteiger partial charge in [-0.25, -0.2) is 4.79 Å². The molecule has 0 aromatic heterocycles. The molecule has 0 aliphatic rings. The van der Waals surface area contributed by atoms with Crippen molar-refractivity contribution in [1.82, 2.24) is 0 Å². The summed E-state index contributed by atoms with van der Waals surface area (Å²) in [4.78, 5) is 37.5. The van der Waals surface area contributed by atoms with Gasteiger partial charge in [0.05, 0.1) is 34.4 Å². The fourth-order valence-electron chi connectivity index (χ4n) is 8.52. The summed E-state index contributed by atoms with van der Waals surface area (Å²) in [6.45, 7) is 4.75. The molecule has 2 unspecified atom stereocenters. The third kappa shape index (κ3) is 59.7. The summed E-state index contributed by atoms with van der Waals surface area (Å²) in [5, 5.41) is 9.72. The average molecular weight is 1080 g/mol. The number of carbonyl (C=O) groups excluding carboxylic acids is 2. The fraction of sp³-hybridized carbons (Fsp3) is 0.721. The molecule has 0 saturated carbocycles. The third-order valence-electron chi connectivity index (χ3n) is 13.3. The lowest BCUT2D eigenvalue weighted by Gasteiger charge is -2.25. The van der Waals surface area contributed by atoms with Crippen LogP contribution in [0.4, 0.5) is 0 Å². The Hall–Kier alpha value is -3.79. The number of carboxylic acid groups (broad SMARTS) is 1. The number of likely N-dealkylation sites (N-methyl/N-ethyl adjacent to an activating group) is 1. The van der Waals surface area contributed by atoms with E-state index in [-0.39, 0.29) is 32.2 Å². The number of nitrogens with zero attached hydrogens (tertiary/aromatic N) is 1. The Morgan fingerprint density at radius 2 is 0.740 bits per heavy atom. The average Bonchev–Trinajstić information content (AvgIpc) is 3.40. The van der Waals surface area contributed by atoms with Crippen LogP contribution in [0.15, 0.2) is 97.2 Å². The molecule has 0 fully saturated rings. The quantitative estimate of drug-likeness (QED) is 0.0211. The summed E-state index contributed by atoms with van der Waals surface area (Å²) in [7, 11) is 5.96. The second-order valence-electron chi connectivity index (χ2n) is 22.0. The Balaban J connectivity index is 4.24. The number of quaternary nitrogens is 1. The first-order valence-electron chi connectivity index (χ1n) is 31.4. The Labute approximate surface area is 473 Å². The minimum absolute atomic E-state index is 0.180. The van der Waals surface area contributed by atoms with Gasteiger partial charge < -0.3 is 28.5 Å². The molecular weight excluding hydrogens is 959 g/mol. The number of unbranched alkanes of at least 4 members (excludes halogenated alkanes) is 26. The van der Waals surface area contributed by atoms with Gasteiger partial charge in [0.25, 0.3) is 6.29 Å². The van der Waals surface area contributed by atoms with E-state index in [0.717, 1.165) is 103 Å². The number of allylic oxidation sites excluding steroid dienone is 16. The van der Waals surface area contributed by atoms with E-state index >= 15 is 0 Å². The van der Waals surface area contributed by atoms with Crippen LogP contribution in [0.5, 0.6) is 0 Å². The molecule has 0 radical (unpaired) electrons. The van der Waals surface area contributed by atoms with Gasteiger partial charge in [0.1, 0.15) is 13.2 Å². The Kier molecular flexibility index (Phi) is 55.5. The van der Waals surface area contributed by atoms with Crippen molar-refractivity contribution in [3.05, 3.63) is 97.2 Å². The van der Waals surface area contributed by atoms with E-state index in [9.17, 15) is 19.5 Å². The summed E-state index contributed by atoms with van der Waals surface area (Å²) in [6, 6.07) is 0. The zero-order valence-electron chi connectivity index (χ0n) is 50.3. The van der Waals surface area contributed by atoms with Gasteiger partial charge in [-0.15, -0.1) is 0 Å². The monoisotopic (exact) mass is 1080 g/mol. The largest absolute Gasteiger partial charge is 0.477 e. The molecule has 0 saturated heterocycles. The van der Waals surface area contributed by atoms with Crippen LogP contribution in [-0.4, -0.2) is 87.4 Å². The number of esters is 2. The fourth-order valence-corrected chi connectivity index (χ4v) is 8.52. The Bertz CT molecular complexity index is 1580. The molecule has 0 aliphatic heterocycles. The van der Waals surface area contributed by atoms with Crippen molar-refractivity contribution in [1.29, 1.82) is 0 Å². The van der Waals surface area contributed by atoms with Gasteiger partial charge >= 0.3 is 17.9 Å². The lowest BCUT2D eigenvalue weighted by molar-refractivity contribution is -0.870. The van der Waals surface area contributed by atoms with Crippen molar-refractivity contribution in [3.63, 3.8) is 0 Å². The number of ether oxygens (including phenoxy) is 4. The highest BCUT2D eigenvalue weighted by molar-refractivity contribution is 5.71. The molecule has 0 aromatic rings. The van der Waals surface area contributed by atoms with Gasteiger partial charge in [-0.05, 0) is 96.3 Å². The van der Waals surface area contributed by atoms with Gasteiger partial charge in [-0.2, -0.15) is 0 Å². The number of rotatable bonds is 57. The molecule has 9 nitrogen and oxygen atoms in total. The summed E-state index contributed by atoms with van der Waals surface area (Å²) in [6.07, 6.45) is 76.3. The van der Waals surface area contributed by atoms with Crippen LogP contribution in [0.2, 0.25) is 0 Å². The number of hydrogen-bond donors (Lipinski definition) is 1. The predicted molar refractivity (Wildman–Crippen MR) is 327 cm³/mol. The third-order valence-corrected chi connectivity index (χ3v) is 13.3. The molecule has 0 amide bonds. The Morgan fingerprint density at radius 3 is 1.10 bits per heavy atom. The van der Waals surface area contributed by atoms with Gasteiger partial charge in [0.15, 0.2) is 6.10 Å². The van der Waals surface area contributed by atoms with Crippen molar-refractivity contribution in [2.24, 2.45) is 0 Å². The molecular formula is C68H118NO8+. The van der Waals surface area contributed by atoms with Crippen molar-refractivity contribution in [2.75, 3.05) is 47.5 Å². The Morgan fingerprint density at radius 1 is 0.403 bits per heavy atom. The summed E-state index contributed by atoms with van der Waals surface area (Å²) in [5.41, 5.74) is 0. The van der Waals surface area contributed by atoms with Crippen LogP contribution in [0.25, 0.3) is 0 Å². The van der Waals surface area contributed by atoms with E-state index in [2.05, 4.69) is 111 Å². The summed E-state index contributed by atoms with van der Waals surface area (Å²) < 4.78 is 22.9. The van der Waals surface area contributed by atoms with Crippen LogP contribution >= 0.6 is 0 Å². The van der Waals surface area contributed by atoms with Gasteiger partial charge in [-0.1, -0.05) is 246 Å². The molecule has 1 N–H and O–H groups in total. The van der Waals surface area contributed by atoms with Crippen molar-refractivity contribution in [3.8, 4) is 0 Å². The van der Waals surface area contributed by atoms with Crippen molar-refractivity contribution < 1.29 is 42.9 Å². The second kappa shape index (κ2) is 58.4. The standard InChI is InChI=1S/C68H117NO8/c1-6-8-10-12-14-16-18-20-22-24-26-28-30-32-33-35-36-38-40-42-44-46-48-50-52-54-56-58-65(70)75-62-64(63-76-68(67(72)73)74-61-60-69(3,4)5)77-66(71)59-57-55-53-51-49-47-45-43-41-39-37-34-31-29-27-25-23-21-19-17-15-13-11-9-7-2/h9,11,15,17-18,20-21,23-24,26-27,29,34,37,41,43,64,68H,6-8,10,12-14,16,19,22,25,28,30-33,35-36,38-40,42,44-63H2,1-5H3/p+1/b11-9-,17-15-,20-18-,23-21-,26-24-,29-27-,37-34-,43-41-. The smallest absolute Gasteiger partial charge is 0.361 e. The van der Waals surface area contributed by atoms with E-state index in [1.807, 2.05) is 21.1 Å². The number of hydrogen-bond acceptors (Lipinski definition) is 7. The SMILES string of the molecule is CC/C=C\C/C=C\C/C=C\C/C=C\C/C=C\C/C=C\CCCCCCCCC(=O)OC(COC(=O)CCCCCCCCCCCCCCCCC/C=C\C/C=C\CCCCCCC)COC(OCC[N+](C)(C)C)C(=O)O. The van der Waals surface area contributed by atoms with E-state index in [0.29, 0.717) is 23.9 Å². The zero-order chi connectivity index (χ0) is 56.2. The van der Waals surface area contributed by atoms with Crippen molar-refractivity contribution >= 4 is 17.9 Å². The molecule has 0 rings (SSSR count). The predicted octanol–water partition coefficient (Wildman–Crippen LogP) is 18.9. The first-order chi connectivity index (χ1) is 37.6. The lowest BCUT2D eigenvalue weighted by Crippen LogP contribution is -2.40. The van der Waals surface area contributed by atoms with Crippen LogP contribution < -0.4 is 0 Å². The molecule has 2 atom stereocenters. The molecule has 0 heterocycles. The van der Waals surface area contributed by atoms with Crippen molar-refractivity contribution in [2.45, 2.75) is 270 Å². The normalized spacial score (nSPS) is 13.4. The van der Waals surface area contributed by atoms with Gasteiger partial charge in [0.2, 0.25) is 0 Å². The number of carbonyl (C=O) groups is 3. The highest BCUT2D eigenvalue weighted by Crippen LogP contribution is 2.16. The summed E-state index contributed by atoms with van der Waals surface area (Å²) in [5.74, 6) is -2.03. The molecule has 9 heteroatoms. The maximum Gasteiger partial charge on any atom is 0.361 e. The van der Waals surface area contributed by atoms with Crippen LogP contribution in [0, 0.1) is 0 Å². The van der Waals surface area contributed by atoms with Crippen LogP contribution in [0.1, 0.15) is 258 Å². The first-order valence-corrected chi connectivity index (χ1v) is 31.4. The van der Waals surface area contributed by atoms with E-state index < -0.39 is 24.3 Å². The molecule has 0 bridgehead atoms. The maximum absolute atomic E-state index is 12.9. The molecule has 0 aliphatic carbocycles. The van der Waals surface area contributed by atoms with E-state index in [1.165, 1.54) is 122 Å². The van der Waals surface area contributed by atoms with E-state index in [4.69, 9.17) is 18.9 Å². The van der Waals surface area contributed by atoms with Gasteiger partial charge in [-0.3, -0.25) is 9.59 Å². The van der Waals surface area contributed by atoms with E-state index in [1.54, 1.807) is 0 Å². The molecule has 0 spiro atoms. The maximum atomic E-state index is 12.9. The minimum Gasteiger partial charge on any atom is -0.477 e. The highest BCUT2D eigenvalue weighted by atomic mass is 16.7. The van der Waals surface area contributed by atoms with Gasteiger partial charge in [0, 0.05) is 12.8 Å². The first kappa shape index (κ1) is 73.2.